The Morgan fingerprint density at radius 3 is 2.74 bits per heavy atom. The lowest BCUT2D eigenvalue weighted by Crippen LogP contribution is -2.09. The summed E-state index contributed by atoms with van der Waals surface area (Å²) in [6, 6.07) is 8.52. The fraction of sp³-hybridized carbons (Fsp3) is 0.0526. The highest BCUT2D eigenvalue weighted by Crippen LogP contribution is 2.27. The van der Waals surface area contributed by atoms with Gasteiger partial charge in [0, 0.05) is 12.1 Å². The van der Waals surface area contributed by atoms with Gasteiger partial charge < -0.3 is 14.8 Å². The number of nitrogens with zero attached hydrogens (tertiary/aromatic N) is 1. The molecular formula is C19H14N2O6. The largest absolute Gasteiger partial charge is 0.506 e. The number of phenols is 1. The smallest absolute Gasteiger partial charge is 0.273 e. The molecule has 0 bridgehead atoms. The molecule has 0 spiro atoms. The second-order valence-electron chi connectivity index (χ2n) is 5.80. The Labute approximate surface area is 152 Å². The van der Waals surface area contributed by atoms with Crippen LogP contribution in [-0.4, -0.2) is 15.9 Å². The molecule has 0 saturated carbocycles. The van der Waals surface area contributed by atoms with Crippen LogP contribution in [0.3, 0.4) is 0 Å². The van der Waals surface area contributed by atoms with E-state index in [0.29, 0.717) is 11.0 Å². The fourth-order valence-electron chi connectivity index (χ4n) is 2.45. The maximum atomic E-state index is 12.5. The molecule has 2 N–H and O–H groups in total. The van der Waals surface area contributed by atoms with Crippen molar-refractivity contribution in [2.45, 2.75) is 6.92 Å². The monoisotopic (exact) mass is 366 g/mol. The fourth-order valence-corrected chi connectivity index (χ4v) is 2.45. The molecule has 0 unspecified atom stereocenters. The molecule has 0 radical (unpaired) electrons. The molecule has 0 aliphatic heterocycles. The summed E-state index contributed by atoms with van der Waals surface area (Å²) in [6.45, 7) is 1.85. The van der Waals surface area contributed by atoms with Gasteiger partial charge in [-0.2, -0.15) is 0 Å². The number of hydrogen-bond acceptors (Lipinski definition) is 6. The number of aryl methyl sites for hydroxylation is 1. The lowest BCUT2D eigenvalue weighted by molar-refractivity contribution is -0.384. The predicted octanol–water partition coefficient (Wildman–Crippen LogP) is 3.37. The number of fused-ring (bicyclic) bond motifs is 1. The third-order valence-electron chi connectivity index (χ3n) is 3.82. The third-order valence-corrected chi connectivity index (χ3v) is 3.82. The molecule has 0 saturated heterocycles. The number of carbonyl (C=O) groups is 1. The number of amides is 1. The van der Waals surface area contributed by atoms with E-state index in [9.17, 15) is 24.8 Å². The molecule has 8 heteroatoms. The zero-order valence-electron chi connectivity index (χ0n) is 14.1. The maximum absolute atomic E-state index is 12.5. The van der Waals surface area contributed by atoms with E-state index < -0.39 is 16.6 Å². The molecular weight excluding hydrogens is 352 g/mol. The lowest BCUT2D eigenvalue weighted by atomic mass is 10.1. The third kappa shape index (κ3) is 3.84. The number of carbonyl (C=O) groups excluding carboxylic acids is 1. The minimum Gasteiger partial charge on any atom is -0.506 e. The van der Waals surface area contributed by atoms with E-state index in [1.807, 2.05) is 13.0 Å². The van der Waals surface area contributed by atoms with Crippen LogP contribution in [0.25, 0.3) is 17.0 Å². The highest BCUT2D eigenvalue weighted by Gasteiger charge is 2.11. The lowest BCUT2D eigenvalue weighted by Gasteiger charge is -2.04. The number of nitro groups is 1. The van der Waals surface area contributed by atoms with Gasteiger partial charge in [0.05, 0.1) is 27.6 Å². The molecule has 3 aromatic rings. The van der Waals surface area contributed by atoms with Crippen molar-refractivity contribution in [3.8, 4) is 5.75 Å². The van der Waals surface area contributed by atoms with Crippen molar-refractivity contribution >= 4 is 34.3 Å². The first-order valence-corrected chi connectivity index (χ1v) is 7.84. The molecule has 1 aromatic heterocycles. The van der Waals surface area contributed by atoms with E-state index in [1.54, 1.807) is 12.1 Å². The molecule has 0 fully saturated rings. The van der Waals surface area contributed by atoms with Crippen LogP contribution in [0.15, 0.2) is 57.9 Å². The molecule has 1 heterocycles. The molecule has 2 aromatic carbocycles. The number of phenolic OH excluding ortho intramolecular Hbond substituents is 1. The Morgan fingerprint density at radius 2 is 2.04 bits per heavy atom. The highest BCUT2D eigenvalue weighted by atomic mass is 16.6. The van der Waals surface area contributed by atoms with E-state index in [2.05, 4.69) is 5.32 Å². The Morgan fingerprint density at radius 1 is 1.26 bits per heavy atom. The summed E-state index contributed by atoms with van der Waals surface area (Å²) in [7, 11) is 0. The van der Waals surface area contributed by atoms with Crippen molar-refractivity contribution in [3.05, 3.63) is 80.2 Å². The molecule has 3 rings (SSSR count). The van der Waals surface area contributed by atoms with Gasteiger partial charge in [-0.1, -0.05) is 11.6 Å². The van der Waals surface area contributed by atoms with E-state index in [4.69, 9.17) is 4.42 Å². The van der Waals surface area contributed by atoms with Crippen molar-refractivity contribution in [2.75, 3.05) is 5.32 Å². The van der Waals surface area contributed by atoms with Crippen molar-refractivity contribution < 1.29 is 19.2 Å². The Bertz CT molecular complexity index is 1150. The zero-order chi connectivity index (χ0) is 19.6. The molecule has 1 amide bonds. The molecule has 0 aliphatic carbocycles. The van der Waals surface area contributed by atoms with E-state index in [0.717, 1.165) is 23.8 Å². The second-order valence-corrected chi connectivity index (χ2v) is 5.80. The quantitative estimate of drug-likeness (QED) is 0.316. The summed E-state index contributed by atoms with van der Waals surface area (Å²) in [5.41, 5.74) is 0.977. The van der Waals surface area contributed by atoms with Gasteiger partial charge in [-0.05, 0) is 31.2 Å². The summed E-state index contributed by atoms with van der Waals surface area (Å²) in [4.78, 5) is 34.5. The number of nitro benzene ring substituents is 1. The van der Waals surface area contributed by atoms with Crippen LogP contribution in [0.1, 0.15) is 11.1 Å². The van der Waals surface area contributed by atoms with E-state index in [1.165, 1.54) is 18.4 Å². The summed E-state index contributed by atoms with van der Waals surface area (Å²) in [5.74, 6) is -1.06. The van der Waals surface area contributed by atoms with Gasteiger partial charge in [0.15, 0.2) is 5.43 Å². The summed E-state index contributed by atoms with van der Waals surface area (Å²) < 4.78 is 5.40. The van der Waals surface area contributed by atoms with Crippen LogP contribution in [-0.2, 0) is 4.79 Å². The first-order valence-electron chi connectivity index (χ1n) is 7.84. The topological polar surface area (TPSA) is 123 Å². The van der Waals surface area contributed by atoms with Crippen LogP contribution in [0.5, 0.6) is 5.75 Å². The average molecular weight is 366 g/mol. The van der Waals surface area contributed by atoms with Gasteiger partial charge in [-0.25, -0.2) is 0 Å². The number of hydrogen-bond donors (Lipinski definition) is 2. The van der Waals surface area contributed by atoms with Gasteiger partial charge in [0.1, 0.15) is 17.6 Å². The van der Waals surface area contributed by atoms with Crippen molar-refractivity contribution in [3.63, 3.8) is 0 Å². The Hall–Kier alpha value is -3.94. The molecule has 8 nitrogen and oxygen atoms in total. The minimum absolute atomic E-state index is 0.0106. The normalized spacial score (nSPS) is 11.0. The van der Waals surface area contributed by atoms with Crippen molar-refractivity contribution in [1.82, 2.24) is 0 Å². The van der Waals surface area contributed by atoms with Crippen LogP contribution >= 0.6 is 0 Å². The first kappa shape index (κ1) is 17.9. The first-order chi connectivity index (χ1) is 12.8. The number of anilines is 1. The molecule has 27 heavy (non-hydrogen) atoms. The average Bonchev–Trinajstić information content (AvgIpc) is 2.63. The molecule has 0 atom stereocenters. The highest BCUT2D eigenvalue weighted by molar-refractivity contribution is 6.03. The van der Waals surface area contributed by atoms with Gasteiger partial charge >= 0.3 is 0 Å². The van der Waals surface area contributed by atoms with Gasteiger partial charge in [0.25, 0.3) is 5.69 Å². The van der Waals surface area contributed by atoms with E-state index in [-0.39, 0.29) is 22.4 Å². The number of rotatable bonds is 4. The minimum atomic E-state index is -0.661. The van der Waals surface area contributed by atoms with Crippen LogP contribution in [0.4, 0.5) is 11.4 Å². The van der Waals surface area contributed by atoms with Gasteiger partial charge in [-0.15, -0.1) is 0 Å². The van der Waals surface area contributed by atoms with Crippen LogP contribution in [0.2, 0.25) is 0 Å². The Kier molecular flexibility index (Phi) is 4.71. The number of benzene rings is 2. The molecule has 0 aliphatic rings. The number of aromatic hydroxyl groups is 1. The van der Waals surface area contributed by atoms with Crippen molar-refractivity contribution in [2.24, 2.45) is 0 Å². The predicted molar refractivity (Wildman–Crippen MR) is 99.6 cm³/mol. The molecule has 136 valence electrons. The van der Waals surface area contributed by atoms with Crippen LogP contribution in [0, 0.1) is 17.0 Å². The summed E-state index contributed by atoms with van der Waals surface area (Å²) in [5, 5.41) is 23.2. The zero-order valence-corrected chi connectivity index (χ0v) is 14.1. The number of nitrogens with one attached hydrogen (secondary N) is 1. The SMILES string of the molecule is Cc1ccc2occ(/C=C/C(=O)Nc3ccc([N+](=O)[O-])cc3O)c(=O)c2c1. The van der Waals surface area contributed by atoms with Gasteiger partial charge in [-0.3, -0.25) is 19.7 Å². The van der Waals surface area contributed by atoms with Gasteiger partial charge in [0.2, 0.25) is 5.91 Å². The standard InChI is InChI=1S/C19H14N2O6/c1-11-2-6-17-14(8-11)19(24)12(10-27-17)3-7-18(23)20-15-5-4-13(21(25)26)9-16(15)22/h2-10,22H,1H3,(H,20,23)/b7-3+. The summed E-state index contributed by atoms with van der Waals surface area (Å²) >= 11 is 0. The van der Waals surface area contributed by atoms with Crippen LogP contribution < -0.4 is 10.7 Å². The number of non-ortho nitro benzene ring substituents is 1. The maximum Gasteiger partial charge on any atom is 0.273 e. The second kappa shape index (κ2) is 7.12. The Balaban J connectivity index is 1.81. The van der Waals surface area contributed by atoms with E-state index >= 15 is 0 Å². The summed E-state index contributed by atoms with van der Waals surface area (Å²) in [6.07, 6.45) is 3.66. The van der Waals surface area contributed by atoms with Crippen molar-refractivity contribution in [1.29, 1.82) is 0 Å².